The molecule has 0 spiro atoms. The molecule has 0 atom stereocenters. The fraction of sp³-hybridized carbons (Fsp3) is 0.0714. The van der Waals surface area contributed by atoms with Crippen molar-refractivity contribution in [3.05, 3.63) is 52.6 Å². The third-order valence-corrected chi connectivity index (χ3v) is 3.40. The predicted octanol–water partition coefficient (Wildman–Crippen LogP) is 2.64. The van der Waals surface area contributed by atoms with Gasteiger partial charge in [-0.15, -0.1) is 11.3 Å². The van der Waals surface area contributed by atoms with Gasteiger partial charge < -0.3 is 10.7 Å². The lowest BCUT2D eigenvalue weighted by Gasteiger charge is -2.06. The number of amides is 2. The fourth-order valence-electron chi connectivity index (χ4n) is 1.48. The topological polar surface area (TPSA) is 89.8 Å². The third kappa shape index (κ3) is 4.33. The normalized spacial score (nSPS) is 10.6. The zero-order valence-electron chi connectivity index (χ0n) is 11.3. The Balaban J connectivity index is 1.89. The number of nitrogens with zero attached hydrogens (tertiary/aromatic N) is 2. The molecule has 2 aromatic rings. The molecule has 106 valence electrons. The highest BCUT2D eigenvalue weighted by Crippen LogP contribution is 2.17. The first-order valence-electron chi connectivity index (χ1n) is 6.09. The van der Waals surface area contributed by atoms with E-state index in [9.17, 15) is 4.79 Å². The summed E-state index contributed by atoms with van der Waals surface area (Å²) in [5, 5.41) is 14.2. The number of hydrogen-bond acceptors (Lipinski definition) is 5. The van der Waals surface area contributed by atoms with Crippen LogP contribution in [0.15, 0.2) is 41.9 Å². The molecule has 0 radical (unpaired) electrons. The smallest absolute Gasteiger partial charge is 0.307 e. The Bertz CT molecular complexity index is 687. The van der Waals surface area contributed by atoms with E-state index in [2.05, 4.69) is 21.2 Å². The Morgan fingerprint density at radius 2 is 2.14 bits per heavy atom. The zero-order chi connectivity index (χ0) is 15.1. The molecule has 0 aliphatic rings. The molecule has 2 amide bonds. The van der Waals surface area contributed by atoms with Crippen molar-refractivity contribution in [2.75, 3.05) is 5.32 Å². The van der Waals surface area contributed by atoms with Crippen molar-refractivity contribution in [2.45, 2.75) is 6.92 Å². The van der Waals surface area contributed by atoms with Gasteiger partial charge in [0.1, 0.15) is 16.6 Å². The predicted molar refractivity (Wildman–Crippen MR) is 82.2 cm³/mol. The van der Waals surface area contributed by atoms with Gasteiger partial charge in [-0.2, -0.15) is 5.26 Å². The molecule has 0 unspecified atom stereocenters. The van der Waals surface area contributed by atoms with Crippen molar-refractivity contribution in [1.82, 2.24) is 15.8 Å². The van der Waals surface area contributed by atoms with Crippen LogP contribution in [0.3, 0.4) is 0 Å². The van der Waals surface area contributed by atoms with Crippen molar-refractivity contribution >= 4 is 28.6 Å². The number of nitrogens with one attached hydrogen (secondary N) is 3. The molecule has 0 saturated heterocycles. The van der Waals surface area contributed by atoms with Crippen molar-refractivity contribution in [3.8, 4) is 6.07 Å². The van der Waals surface area contributed by atoms with Crippen LogP contribution in [0, 0.1) is 18.3 Å². The minimum Gasteiger partial charge on any atom is -0.307 e. The van der Waals surface area contributed by atoms with Gasteiger partial charge in [0.2, 0.25) is 0 Å². The Hall–Kier alpha value is -2.85. The van der Waals surface area contributed by atoms with Gasteiger partial charge in [0.25, 0.3) is 0 Å². The summed E-state index contributed by atoms with van der Waals surface area (Å²) in [4.78, 5) is 15.8. The van der Waals surface area contributed by atoms with Crippen LogP contribution in [0.2, 0.25) is 0 Å². The zero-order valence-corrected chi connectivity index (χ0v) is 12.1. The average molecular weight is 299 g/mol. The number of aryl methyl sites for hydroxylation is 1. The first kappa shape index (κ1) is 14.6. The minimum atomic E-state index is -0.426. The largest absolute Gasteiger partial charge is 0.337 e. The lowest BCUT2D eigenvalue weighted by molar-refractivity contribution is 0.250. The summed E-state index contributed by atoms with van der Waals surface area (Å²) in [6.45, 7) is 1.86. The number of thiazole rings is 1. The fourth-order valence-corrected chi connectivity index (χ4v) is 2.24. The monoisotopic (exact) mass is 299 g/mol. The summed E-state index contributed by atoms with van der Waals surface area (Å²) in [7, 11) is 0. The summed E-state index contributed by atoms with van der Waals surface area (Å²) >= 11 is 1.37. The first-order chi connectivity index (χ1) is 10.2. The maximum Gasteiger partial charge on any atom is 0.337 e. The van der Waals surface area contributed by atoms with E-state index in [4.69, 9.17) is 5.26 Å². The second kappa shape index (κ2) is 7.07. The number of para-hydroxylation sites is 1. The van der Waals surface area contributed by atoms with E-state index >= 15 is 0 Å². The van der Waals surface area contributed by atoms with Gasteiger partial charge in [-0.1, -0.05) is 18.2 Å². The Morgan fingerprint density at radius 1 is 1.38 bits per heavy atom. The molecule has 1 aromatic carbocycles. The lowest BCUT2D eigenvalue weighted by Crippen LogP contribution is -2.37. The molecule has 3 N–H and O–H groups in total. The molecule has 0 bridgehead atoms. The van der Waals surface area contributed by atoms with Crippen LogP contribution in [0.1, 0.15) is 10.7 Å². The summed E-state index contributed by atoms with van der Waals surface area (Å²) in [5.41, 5.74) is 6.89. The van der Waals surface area contributed by atoms with Crippen molar-refractivity contribution in [3.63, 3.8) is 0 Å². The maximum atomic E-state index is 11.6. The quantitative estimate of drug-likeness (QED) is 0.598. The number of carbonyl (C=O) groups excluding carboxylic acids is 1. The molecule has 0 saturated carbocycles. The number of hydrazine groups is 1. The average Bonchev–Trinajstić information content (AvgIpc) is 2.91. The SMILES string of the molecule is Cc1csc(/C(C#N)=C/NNC(=O)Nc2ccccc2)n1. The lowest BCUT2D eigenvalue weighted by atomic mass is 10.3. The number of carbonyl (C=O) groups is 1. The summed E-state index contributed by atoms with van der Waals surface area (Å²) in [6.07, 6.45) is 1.41. The third-order valence-electron chi connectivity index (χ3n) is 2.40. The number of urea groups is 1. The van der Waals surface area contributed by atoms with Gasteiger partial charge in [-0.25, -0.2) is 9.78 Å². The summed E-state index contributed by atoms with van der Waals surface area (Å²) in [5.74, 6) is 0. The molecule has 0 aliphatic heterocycles. The van der Waals surface area contributed by atoms with E-state index in [1.54, 1.807) is 12.1 Å². The number of nitriles is 1. The molecule has 7 heteroatoms. The van der Waals surface area contributed by atoms with E-state index in [0.29, 0.717) is 16.3 Å². The summed E-state index contributed by atoms with van der Waals surface area (Å²) in [6, 6.07) is 10.7. The molecular weight excluding hydrogens is 286 g/mol. The Labute approximate surface area is 126 Å². The molecule has 1 heterocycles. The molecule has 21 heavy (non-hydrogen) atoms. The van der Waals surface area contributed by atoms with Crippen LogP contribution in [0.4, 0.5) is 10.5 Å². The molecule has 0 aliphatic carbocycles. The number of rotatable bonds is 4. The van der Waals surface area contributed by atoms with E-state index in [1.165, 1.54) is 17.5 Å². The van der Waals surface area contributed by atoms with Crippen LogP contribution in [0.5, 0.6) is 0 Å². The van der Waals surface area contributed by atoms with Gasteiger partial charge in [-0.3, -0.25) is 5.43 Å². The molecular formula is C14H13N5OS. The van der Waals surface area contributed by atoms with E-state index < -0.39 is 6.03 Å². The number of anilines is 1. The first-order valence-corrected chi connectivity index (χ1v) is 6.97. The second-order valence-corrected chi connectivity index (χ2v) is 4.91. The van der Waals surface area contributed by atoms with E-state index in [-0.39, 0.29) is 0 Å². The van der Waals surface area contributed by atoms with Crippen molar-refractivity contribution < 1.29 is 4.79 Å². The highest BCUT2D eigenvalue weighted by atomic mass is 32.1. The van der Waals surface area contributed by atoms with Crippen molar-refractivity contribution in [1.29, 1.82) is 5.26 Å². The maximum absolute atomic E-state index is 11.6. The van der Waals surface area contributed by atoms with Gasteiger partial charge in [0, 0.05) is 23.0 Å². The summed E-state index contributed by atoms with van der Waals surface area (Å²) < 4.78 is 0. The molecule has 2 rings (SSSR count). The van der Waals surface area contributed by atoms with Gasteiger partial charge in [0.05, 0.1) is 0 Å². The standard InChI is InChI=1S/C14H13N5OS/c1-10-9-21-13(17-10)11(7-15)8-16-19-14(20)18-12-5-3-2-4-6-12/h2-6,8-9,16H,1H3,(H2,18,19,20)/b11-8+. The van der Waals surface area contributed by atoms with Crippen LogP contribution in [0.25, 0.3) is 5.57 Å². The Morgan fingerprint density at radius 3 is 2.76 bits per heavy atom. The number of benzene rings is 1. The highest BCUT2D eigenvalue weighted by Gasteiger charge is 2.05. The highest BCUT2D eigenvalue weighted by molar-refractivity contribution is 7.10. The van der Waals surface area contributed by atoms with Gasteiger partial charge in [-0.05, 0) is 19.1 Å². The number of hydrogen-bond donors (Lipinski definition) is 3. The van der Waals surface area contributed by atoms with E-state index in [0.717, 1.165) is 5.69 Å². The van der Waals surface area contributed by atoms with Crippen LogP contribution in [-0.4, -0.2) is 11.0 Å². The van der Waals surface area contributed by atoms with Crippen molar-refractivity contribution in [2.24, 2.45) is 0 Å². The van der Waals surface area contributed by atoms with Gasteiger partial charge >= 0.3 is 6.03 Å². The van der Waals surface area contributed by atoms with E-state index in [1.807, 2.05) is 36.6 Å². The number of allylic oxidation sites excluding steroid dienone is 1. The minimum absolute atomic E-state index is 0.355. The number of aromatic nitrogens is 1. The molecule has 1 aromatic heterocycles. The van der Waals surface area contributed by atoms with Crippen LogP contribution < -0.4 is 16.2 Å². The Kier molecular flexibility index (Phi) is 4.90. The molecule has 0 fully saturated rings. The van der Waals surface area contributed by atoms with Gasteiger partial charge in [0.15, 0.2) is 0 Å². The van der Waals surface area contributed by atoms with Crippen LogP contribution in [-0.2, 0) is 0 Å². The molecule has 6 nitrogen and oxygen atoms in total. The second-order valence-electron chi connectivity index (χ2n) is 4.05. The van der Waals surface area contributed by atoms with Crippen LogP contribution >= 0.6 is 11.3 Å².